The van der Waals surface area contributed by atoms with Gasteiger partial charge in [-0.15, -0.1) is 0 Å². The number of aromatic nitrogens is 2. The largest absolute Gasteiger partial charge is 0.490 e. The van der Waals surface area contributed by atoms with E-state index in [1.165, 1.54) is 4.68 Å². The molecule has 0 fully saturated rings. The zero-order valence-corrected chi connectivity index (χ0v) is 19.7. The summed E-state index contributed by atoms with van der Waals surface area (Å²) < 4.78 is 8.20. The first-order chi connectivity index (χ1) is 14.4. The minimum absolute atomic E-state index is 0.0563. The maximum absolute atomic E-state index is 13.2. The fourth-order valence-electron chi connectivity index (χ4n) is 2.96. The summed E-state index contributed by atoms with van der Waals surface area (Å²) >= 11 is 9.62. The molecule has 158 valence electrons. The Morgan fingerprint density at radius 2 is 2.07 bits per heavy atom. The van der Waals surface area contributed by atoms with E-state index in [1.54, 1.807) is 24.4 Å². The van der Waals surface area contributed by atoms with E-state index in [-0.39, 0.29) is 11.7 Å². The monoisotopic (exact) mass is 489 g/mol. The van der Waals surface area contributed by atoms with Gasteiger partial charge in [-0.1, -0.05) is 47.8 Å². The summed E-state index contributed by atoms with van der Waals surface area (Å²) in [4.78, 5) is 17.9. The third kappa shape index (κ3) is 5.29. The quantitative estimate of drug-likeness (QED) is 0.352. The van der Waals surface area contributed by atoms with Crippen LogP contribution in [0.25, 0.3) is 10.9 Å². The molecule has 0 radical (unpaired) electrons. The second-order valence-electron chi connectivity index (χ2n) is 7.17. The summed E-state index contributed by atoms with van der Waals surface area (Å²) in [5.41, 5.74) is 1.19. The molecule has 5 nitrogen and oxygen atoms in total. The molecule has 30 heavy (non-hydrogen) atoms. The lowest BCUT2D eigenvalue weighted by Gasteiger charge is -2.15. The van der Waals surface area contributed by atoms with Crippen molar-refractivity contribution in [3.63, 3.8) is 0 Å². The van der Waals surface area contributed by atoms with Crippen molar-refractivity contribution in [3.8, 4) is 5.75 Å². The van der Waals surface area contributed by atoms with E-state index in [4.69, 9.17) is 21.3 Å². The first-order valence-corrected chi connectivity index (χ1v) is 11.3. The zero-order chi connectivity index (χ0) is 21.7. The second kappa shape index (κ2) is 10.2. The van der Waals surface area contributed by atoms with Crippen LogP contribution in [0.2, 0.25) is 5.02 Å². The molecule has 1 heterocycles. The average Bonchev–Trinajstić information content (AvgIpc) is 2.73. The number of hydrogen-bond acceptors (Lipinski definition) is 4. The van der Waals surface area contributed by atoms with Crippen molar-refractivity contribution in [1.29, 1.82) is 0 Å². The fourth-order valence-corrected chi connectivity index (χ4v) is 3.50. The molecule has 0 saturated carbocycles. The smallest absolute Gasteiger partial charge is 0.282 e. The Morgan fingerprint density at radius 1 is 1.27 bits per heavy atom. The molecule has 0 unspecified atom stereocenters. The van der Waals surface area contributed by atoms with E-state index in [1.807, 2.05) is 25.1 Å². The highest BCUT2D eigenvalue weighted by Gasteiger charge is 2.12. The van der Waals surface area contributed by atoms with Crippen LogP contribution >= 0.6 is 27.5 Å². The molecule has 7 heteroatoms. The van der Waals surface area contributed by atoms with E-state index in [0.717, 1.165) is 23.7 Å². The molecule has 1 aromatic heterocycles. The van der Waals surface area contributed by atoms with Crippen molar-refractivity contribution in [3.05, 3.63) is 67.6 Å². The first-order valence-electron chi connectivity index (χ1n) is 10.1. The number of rotatable bonds is 8. The van der Waals surface area contributed by atoms with Gasteiger partial charge in [0.1, 0.15) is 11.6 Å². The van der Waals surface area contributed by atoms with Crippen LogP contribution in [0, 0.1) is 0 Å². The summed E-state index contributed by atoms with van der Waals surface area (Å²) in [6.07, 6.45) is 5.14. The Balaban J connectivity index is 2.10. The Morgan fingerprint density at radius 3 is 2.80 bits per heavy atom. The number of unbranched alkanes of at least 4 members (excludes halogenated alkanes) is 1. The van der Waals surface area contributed by atoms with Crippen LogP contribution < -0.4 is 10.3 Å². The average molecular weight is 491 g/mol. The molecule has 3 rings (SSSR count). The second-order valence-corrected chi connectivity index (χ2v) is 8.53. The number of halogens is 2. The van der Waals surface area contributed by atoms with Crippen molar-refractivity contribution in [1.82, 2.24) is 9.66 Å². The van der Waals surface area contributed by atoms with Gasteiger partial charge in [0, 0.05) is 21.5 Å². The van der Waals surface area contributed by atoms with Gasteiger partial charge < -0.3 is 4.74 Å². The fraction of sp³-hybridized carbons (Fsp3) is 0.348. The lowest BCUT2D eigenvalue weighted by molar-refractivity contribution is 0.217. The number of ether oxygens (including phenoxy) is 1. The van der Waals surface area contributed by atoms with E-state index >= 15 is 0 Å². The van der Waals surface area contributed by atoms with Crippen LogP contribution in [-0.4, -0.2) is 22.0 Å². The molecule has 0 spiro atoms. The molecule has 0 aliphatic heterocycles. The standard InChI is InChI=1S/C23H25BrClN3O2/c1-4-6-7-22-27-20-10-8-17(24)13-19(20)23(29)28(22)26-14-16-12-18(25)9-11-21(16)30-15(3)5-2/h8-15H,4-7H2,1-3H3/t15-/m0/s1. The summed E-state index contributed by atoms with van der Waals surface area (Å²) in [6.45, 7) is 6.18. The molecule has 0 aliphatic carbocycles. The predicted molar refractivity (Wildman–Crippen MR) is 127 cm³/mol. The molecule has 0 saturated heterocycles. The number of aryl methyl sites for hydroxylation is 1. The minimum atomic E-state index is -0.199. The van der Waals surface area contributed by atoms with Crippen molar-refractivity contribution in [2.75, 3.05) is 0 Å². The molecule has 1 atom stereocenters. The van der Waals surface area contributed by atoms with Crippen LogP contribution in [0.4, 0.5) is 0 Å². The van der Waals surface area contributed by atoms with E-state index in [0.29, 0.717) is 39.5 Å². The molecular weight excluding hydrogens is 466 g/mol. The highest BCUT2D eigenvalue weighted by atomic mass is 79.9. The number of nitrogens with zero attached hydrogens (tertiary/aromatic N) is 3. The van der Waals surface area contributed by atoms with Crippen LogP contribution in [0.1, 0.15) is 51.4 Å². The highest BCUT2D eigenvalue weighted by Crippen LogP contribution is 2.23. The Bertz CT molecular complexity index is 1130. The molecule has 0 aliphatic rings. The summed E-state index contributed by atoms with van der Waals surface area (Å²) in [6, 6.07) is 10.9. The van der Waals surface area contributed by atoms with Crippen molar-refractivity contribution in [2.45, 2.75) is 52.6 Å². The van der Waals surface area contributed by atoms with E-state index in [9.17, 15) is 4.79 Å². The zero-order valence-electron chi connectivity index (χ0n) is 17.4. The maximum Gasteiger partial charge on any atom is 0.282 e. The molecule has 3 aromatic rings. The lowest BCUT2D eigenvalue weighted by atomic mass is 10.2. The molecular formula is C23H25BrClN3O2. The van der Waals surface area contributed by atoms with Crippen molar-refractivity contribution in [2.24, 2.45) is 5.10 Å². The SMILES string of the molecule is CCCCc1nc2ccc(Br)cc2c(=O)n1N=Cc1cc(Cl)ccc1O[C@@H](C)CC. The van der Waals surface area contributed by atoms with E-state index < -0.39 is 0 Å². The van der Waals surface area contributed by atoms with Gasteiger partial charge in [-0.25, -0.2) is 4.98 Å². The first kappa shape index (κ1) is 22.5. The van der Waals surface area contributed by atoms with Crippen LogP contribution in [0.15, 0.2) is 50.8 Å². The minimum Gasteiger partial charge on any atom is -0.490 e. The van der Waals surface area contributed by atoms with Crippen LogP contribution in [0.3, 0.4) is 0 Å². The Labute approximate surface area is 189 Å². The van der Waals surface area contributed by atoms with E-state index in [2.05, 4.69) is 34.9 Å². The predicted octanol–water partition coefficient (Wildman–Crippen LogP) is 6.21. The normalized spacial score (nSPS) is 12.6. The lowest BCUT2D eigenvalue weighted by Crippen LogP contribution is -2.22. The number of hydrogen-bond donors (Lipinski definition) is 0. The van der Waals surface area contributed by atoms with Gasteiger partial charge in [0.15, 0.2) is 0 Å². The van der Waals surface area contributed by atoms with Crippen molar-refractivity contribution >= 4 is 44.6 Å². The number of benzene rings is 2. The third-order valence-corrected chi connectivity index (χ3v) is 5.54. The Hall–Kier alpha value is -2.18. The molecule has 0 N–H and O–H groups in total. The van der Waals surface area contributed by atoms with Gasteiger partial charge in [0.25, 0.3) is 5.56 Å². The van der Waals surface area contributed by atoms with Gasteiger partial charge in [-0.3, -0.25) is 4.79 Å². The topological polar surface area (TPSA) is 56.5 Å². The molecule has 2 aromatic carbocycles. The summed E-state index contributed by atoms with van der Waals surface area (Å²) in [5, 5.41) is 5.60. The van der Waals surface area contributed by atoms with Gasteiger partial charge in [0.05, 0.1) is 23.2 Å². The Kier molecular flexibility index (Phi) is 7.67. The van der Waals surface area contributed by atoms with Crippen LogP contribution in [0.5, 0.6) is 5.75 Å². The van der Waals surface area contributed by atoms with Gasteiger partial charge in [-0.2, -0.15) is 9.78 Å². The number of fused-ring (bicyclic) bond motifs is 1. The van der Waals surface area contributed by atoms with Crippen molar-refractivity contribution < 1.29 is 4.74 Å². The maximum atomic E-state index is 13.2. The molecule has 0 bridgehead atoms. The van der Waals surface area contributed by atoms with Crippen LogP contribution in [-0.2, 0) is 6.42 Å². The van der Waals surface area contributed by atoms with Gasteiger partial charge >= 0.3 is 0 Å². The van der Waals surface area contributed by atoms with Gasteiger partial charge in [0.2, 0.25) is 0 Å². The third-order valence-electron chi connectivity index (χ3n) is 4.82. The highest BCUT2D eigenvalue weighted by molar-refractivity contribution is 9.10. The molecule has 0 amide bonds. The summed E-state index contributed by atoms with van der Waals surface area (Å²) in [7, 11) is 0. The summed E-state index contributed by atoms with van der Waals surface area (Å²) in [5.74, 6) is 1.32. The van der Waals surface area contributed by atoms with Gasteiger partial charge in [-0.05, 0) is 56.2 Å².